The van der Waals surface area contributed by atoms with Crippen LogP contribution in [0.25, 0.3) is 17.0 Å². The molecule has 124 valence electrons. The smallest absolute Gasteiger partial charge is 0.330 e. The Bertz CT molecular complexity index is 847. The minimum atomic E-state index is -3.45. The third kappa shape index (κ3) is 3.64. The molecule has 0 saturated carbocycles. The lowest BCUT2D eigenvalue weighted by molar-refractivity contribution is -0.134. The molecule has 0 fully saturated rings. The maximum atomic E-state index is 12.3. The van der Waals surface area contributed by atoms with Crippen LogP contribution >= 0.6 is 0 Å². The van der Waals surface area contributed by atoms with Gasteiger partial charge in [-0.15, -0.1) is 0 Å². The van der Waals surface area contributed by atoms with Crippen LogP contribution in [-0.2, 0) is 26.0 Å². The molecule has 0 amide bonds. The molecule has 6 heteroatoms. The number of ether oxygens (including phenoxy) is 1. The van der Waals surface area contributed by atoms with Crippen LogP contribution in [0.3, 0.4) is 0 Å². The van der Waals surface area contributed by atoms with E-state index in [0.29, 0.717) is 17.6 Å². The number of carbonyl (C=O) groups excluding carboxylic acids is 1. The van der Waals surface area contributed by atoms with Crippen molar-refractivity contribution in [2.24, 2.45) is 0 Å². The van der Waals surface area contributed by atoms with Gasteiger partial charge in [0, 0.05) is 22.7 Å². The maximum absolute atomic E-state index is 12.3. The van der Waals surface area contributed by atoms with Crippen molar-refractivity contribution in [2.75, 3.05) is 13.4 Å². The lowest BCUT2D eigenvalue weighted by Gasteiger charge is -2.08. The van der Waals surface area contributed by atoms with Gasteiger partial charge in [-0.3, -0.25) is 0 Å². The monoisotopic (exact) mass is 335 g/mol. The lowest BCUT2D eigenvalue weighted by atomic mass is 10.1. The molecule has 0 aliphatic rings. The summed E-state index contributed by atoms with van der Waals surface area (Å²) in [6, 6.07) is 7.31. The Morgan fingerprint density at radius 2 is 2.00 bits per heavy atom. The third-order valence-electron chi connectivity index (χ3n) is 3.66. The Morgan fingerprint density at radius 3 is 2.61 bits per heavy atom. The highest BCUT2D eigenvalue weighted by atomic mass is 32.2. The molecule has 1 aromatic carbocycles. The number of hydrogen-bond donors (Lipinski definition) is 0. The third-order valence-corrected chi connectivity index (χ3v) is 4.74. The highest BCUT2D eigenvalue weighted by Crippen LogP contribution is 2.30. The van der Waals surface area contributed by atoms with Crippen LogP contribution in [0.5, 0.6) is 0 Å². The van der Waals surface area contributed by atoms with Gasteiger partial charge >= 0.3 is 5.97 Å². The lowest BCUT2D eigenvalue weighted by Crippen LogP contribution is -2.13. The summed E-state index contributed by atoms with van der Waals surface area (Å²) in [7, 11) is -2.14. The first-order valence-corrected chi connectivity index (χ1v) is 9.33. The zero-order valence-electron chi connectivity index (χ0n) is 13.6. The van der Waals surface area contributed by atoms with Gasteiger partial charge in [-0.1, -0.05) is 31.5 Å². The van der Waals surface area contributed by atoms with Crippen molar-refractivity contribution in [2.45, 2.75) is 26.2 Å². The molecule has 0 atom stereocenters. The summed E-state index contributed by atoms with van der Waals surface area (Å²) in [6.07, 6.45) is 6.60. The van der Waals surface area contributed by atoms with Gasteiger partial charge in [0.1, 0.15) is 0 Å². The molecule has 2 aromatic rings. The van der Waals surface area contributed by atoms with E-state index in [-0.39, 0.29) is 0 Å². The molecule has 0 N–H and O–H groups in total. The Hall–Kier alpha value is -2.08. The van der Waals surface area contributed by atoms with E-state index in [9.17, 15) is 13.2 Å². The number of para-hydroxylation sites is 1. The molecule has 0 aliphatic carbocycles. The summed E-state index contributed by atoms with van der Waals surface area (Å²) in [5.41, 5.74) is 2.09. The van der Waals surface area contributed by atoms with E-state index in [1.165, 1.54) is 23.4 Å². The van der Waals surface area contributed by atoms with Crippen LogP contribution in [0.4, 0.5) is 0 Å². The van der Waals surface area contributed by atoms with E-state index >= 15 is 0 Å². The fourth-order valence-corrected chi connectivity index (χ4v) is 3.76. The number of esters is 1. The Labute approximate surface area is 136 Å². The number of aromatic nitrogens is 1. The predicted molar refractivity (Wildman–Crippen MR) is 91.8 cm³/mol. The van der Waals surface area contributed by atoms with Crippen LogP contribution in [0.2, 0.25) is 0 Å². The largest absolute Gasteiger partial charge is 0.466 e. The highest BCUT2D eigenvalue weighted by molar-refractivity contribution is 7.89. The zero-order chi connectivity index (χ0) is 17.0. The highest BCUT2D eigenvalue weighted by Gasteiger charge is 2.20. The number of hydrogen-bond acceptors (Lipinski definition) is 4. The molecular formula is C17H21NO4S. The summed E-state index contributed by atoms with van der Waals surface area (Å²) in [4.78, 5) is 11.4. The molecule has 0 aliphatic heterocycles. The Balaban J connectivity index is 2.77. The van der Waals surface area contributed by atoms with E-state index in [1.807, 2.05) is 12.1 Å². The summed E-state index contributed by atoms with van der Waals surface area (Å²) in [5, 5.41) is 0.809. The molecule has 1 heterocycles. The van der Waals surface area contributed by atoms with Crippen molar-refractivity contribution in [1.29, 1.82) is 0 Å². The summed E-state index contributed by atoms with van der Waals surface area (Å²) >= 11 is 0. The fourth-order valence-electron chi connectivity index (χ4n) is 2.65. The van der Waals surface area contributed by atoms with Gasteiger partial charge in [-0.05, 0) is 25.0 Å². The van der Waals surface area contributed by atoms with Crippen molar-refractivity contribution in [1.82, 2.24) is 3.97 Å². The molecule has 0 bridgehead atoms. The Kier molecular flexibility index (Phi) is 5.26. The minimum Gasteiger partial charge on any atom is -0.466 e. The summed E-state index contributed by atoms with van der Waals surface area (Å²) in [6.45, 7) is 2.05. The van der Waals surface area contributed by atoms with Gasteiger partial charge in [-0.2, -0.15) is 0 Å². The van der Waals surface area contributed by atoms with Crippen molar-refractivity contribution in [3.63, 3.8) is 0 Å². The summed E-state index contributed by atoms with van der Waals surface area (Å²) < 4.78 is 30.6. The van der Waals surface area contributed by atoms with E-state index in [0.717, 1.165) is 23.8 Å². The zero-order valence-corrected chi connectivity index (χ0v) is 14.4. The van der Waals surface area contributed by atoms with Gasteiger partial charge in [0.25, 0.3) is 0 Å². The van der Waals surface area contributed by atoms with Gasteiger partial charge in [0.15, 0.2) is 0 Å². The molecule has 0 saturated heterocycles. The van der Waals surface area contributed by atoms with Crippen molar-refractivity contribution < 1.29 is 17.9 Å². The first-order valence-electron chi connectivity index (χ1n) is 7.49. The summed E-state index contributed by atoms with van der Waals surface area (Å²) in [5.74, 6) is -0.470. The molecule has 23 heavy (non-hydrogen) atoms. The van der Waals surface area contributed by atoms with E-state index in [1.54, 1.807) is 18.2 Å². The first kappa shape index (κ1) is 17.3. The number of carbonyl (C=O) groups is 1. The predicted octanol–water partition coefficient (Wildman–Crippen LogP) is 2.98. The van der Waals surface area contributed by atoms with Crippen LogP contribution in [0.15, 0.2) is 30.3 Å². The van der Waals surface area contributed by atoms with E-state index in [4.69, 9.17) is 0 Å². The molecule has 0 unspecified atom stereocenters. The van der Waals surface area contributed by atoms with Gasteiger partial charge in [-0.25, -0.2) is 17.2 Å². The molecule has 0 spiro atoms. The quantitative estimate of drug-likeness (QED) is 0.601. The SMILES string of the molecule is CCCCc1c(/C=C/C(=O)OC)c2ccccc2n1S(C)(=O)=O. The average Bonchev–Trinajstić information content (AvgIpc) is 2.84. The number of benzene rings is 1. The first-order chi connectivity index (χ1) is 10.9. The number of fused-ring (bicyclic) bond motifs is 1. The molecule has 0 radical (unpaired) electrons. The van der Waals surface area contributed by atoms with Crippen LogP contribution in [0, 0.1) is 0 Å². The molecular weight excluding hydrogens is 314 g/mol. The van der Waals surface area contributed by atoms with Crippen molar-refractivity contribution in [3.05, 3.63) is 41.6 Å². The fraction of sp³-hybridized carbons (Fsp3) is 0.353. The van der Waals surface area contributed by atoms with Crippen molar-refractivity contribution in [3.8, 4) is 0 Å². The molecule has 2 rings (SSSR count). The van der Waals surface area contributed by atoms with Crippen LogP contribution < -0.4 is 0 Å². The second-order valence-corrected chi connectivity index (χ2v) is 7.20. The number of unbranched alkanes of at least 4 members (excludes halogenated alkanes) is 1. The number of methoxy groups -OCH3 is 1. The van der Waals surface area contributed by atoms with Crippen LogP contribution in [0.1, 0.15) is 31.0 Å². The van der Waals surface area contributed by atoms with Gasteiger partial charge in [0.05, 0.1) is 18.9 Å². The Morgan fingerprint density at radius 1 is 1.30 bits per heavy atom. The normalized spacial score (nSPS) is 12.1. The van der Waals surface area contributed by atoms with Gasteiger partial charge < -0.3 is 4.74 Å². The van der Waals surface area contributed by atoms with Crippen molar-refractivity contribution >= 4 is 33.0 Å². The second-order valence-electron chi connectivity index (χ2n) is 5.36. The number of rotatable bonds is 6. The average molecular weight is 335 g/mol. The van der Waals surface area contributed by atoms with Crippen LogP contribution in [-0.4, -0.2) is 31.7 Å². The topological polar surface area (TPSA) is 65.4 Å². The standard InChI is InChI=1S/C17H21NO4S/c1-4-5-9-15-14(11-12-17(19)22-2)13-8-6-7-10-16(13)18(15)23(3,20)21/h6-8,10-12H,4-5,9H2,1-3H3/b12-11+. The number of nitrogens with zero attached hydrogens (tertiary/aromatic N) is 1. The second kappa shape index (κ2) is 7.00. The van der Waals surface area contributed by atoms with E-state index in [2.05, 4.69) is 11.7 Å². The molecule has 1 aromatic heterocycles. The maximum Gasteiger partial charge on any atom is 0.330 e. The molecule has 5 nitrogen and oxygen atoms in total. The minimum absolute atomic E-state index is 0.470. The van der Waals surface area contributed by atoms with E-state index < -0.39 is 16.0 Å². The van der Waals surface area contributed by atoms with Gasteiger partial charge in [0.2, 0.25) is 10.0 Å².